The fourth-order valence-electron chi connectivity index (χ4n) is 0.551. The van der Waals surface area contributed by atoms with Gasteiger partial charge in [0, 0.05) is 0 Å². The number of hydrogen-bond donors (Lipinski definition) is 0. The third-order valence-corrected chi connectivity index (χ3v) is 1.78. The SMILES string of the molecule is C1=CPC=CCC1. The number of allylic oxidation sites excluding steroid dienone is 2. The monoisotopic (exact) mass is 112 g/mol. The summed E-state index contributed by atoms with van der Waals surface area (Å²) in [6.07, 6.45) is 6.98. The lowest BCUT2D eigenvalue weighted by atomic mass is 10.3. The zero-order chi connectivity index (χ0) is 4.95. The van der Waals surface area contributed by atoms with Gasteiger partial charge < -0.3 is 0 Å². The second kappa shape index (κ2) is 2.98. The molecule has 1 aliphatic rings. The van der Waals surface area contributed by atoms with Gasteiger partial charge in [-0.15, -0.1) is 0 Å². The first-order valence-corrected chi connectivity index (χ1v) is 3.72. The minimum absolute atomic E-state index is 0.934. The zero-order valence-corrected chi connectivity index (χ0v) is 5.22. The van der Waals surface area contributed by atoms with Gasteiger partial charge in [-0.05, 0) is 12.8 Å². The van der Waals surface area contributed by atoms with Crippen LogP contribution >= 0.6 is 8.58 Å². The molecule has 0 unspecified atom stereocenters. The first-order valence-electron chi connectivity index (χ1n) is 2.56. The third-order valence-electron chi connectivity index (χ3n) is 0.928. The number of hydrogen-bond acceptors (Lipinski definition) is 0. The molecule has 0 fully saturated rings. The maximum Gasteiger partial charge on any atom is -0.0312 e. The Morgan fingerprint density at radius 1 is 1.00 bits per heavy atom. The molecule has 0 aromatic rings. The standard InChI is InChI=1S/C6H9P/c1-2-4-6-7-5-3-1/h3-7H,1-2H2. The molecular formula is C6H9P. The maximum absolute atomic E-state index is 2.25. The van der Waals surface area contributed by atoms with E-state index in [0.717, 1.165) is 8.58 Å². The molecule has 0 bridgehead atoms. The van der Waals surface area contributed by atoms with Gasteiger partial charge in [-0.25, -0.2) is 0 Å². The van der Waals surface area contributed by atoms with E-state index < -0.39 is 0 Å². The predicted octanol–water partition coefficient (Wildman–Crippen LogP) is 2.49. The van der Waals surface area contributed by atoms with Crippen molar-refractivity contribution in [3.63, 3.8) is 0 Å². The van der Waals surface area contributed by atoms with Crippen LogP contribution in [0.5, 0.6) is 0 Å². The van der Waals surface area contributed by atoms with Gasteiger partial charge in [0.2, 0.25) is 0 Å². The Labute approximate surface area is 46.1 Å². The Bertz CT molecular complexity index is 80.4. The van der Waals surface area contributed by atoms with Gasteiger partial charge in [-0.1, -0.05) is 32.4 Å². The molecule has 1 rings (SSSR count). The molecule has 0 amide bonds. The Kier molecular flexibility index (Phi) is 2.15. The second-order valence-corrected chi connectivity index (χ2v) is 2.55. The minimum atomic E-state index is 0.934. The summed E-state index contributed by atoms with van der Waals surface area (Å²) in [5.41, 5.74) is 0. The van der Waals surface area contributed by atoms with Crippen molar-refractivity contribution in [3.05, 3.63) is 23.8 Å². The van der Waals surface area contributed by atoms with Crippen LogP contribution in [-0.2, 0) is 0 Å². The lowest BCUT2D eigenvalue weighted by Gasteiger charge is -1.76. The Balaban J connectivity index is 2.38. The smallest absolute Gasteiger partial charge is 0.0312 e. The molecule has 0 saturated heterocycles. The maximum atomic E-state index is 2.25. The van der Waals surface area contributed by atoms with Crippen LogP contribution in [0.2, 0.25) is 0 Å². The summed E-state index contributed by atoms with van der Waals surface area (Å²) >= 11 is 0. The molecule has 0 aromatic heterocycles. The summed E-state index contributed by atoms with van der Waals surface area (Å²) < 4.78 is 0. The Morgan fingerprint density at radius 2 is 1.57 bits per heavy atom. The molecule has 0 aliphatic carbocycles. The molecule has 1 aliphatic heterocycles. The highest BCUT2D eigenvalue weighted by atomic mass is 31.1. The third kappa shape index (κ3) is 1.89. The summed E-state index contributed by atoms with van der Waals surface area (Å²) in [4.78, 5) is 0. The van der Waals surface area contributed by atoms with Crippen LogP contribution in [0, 0.1) is 0 Å². The van der Waals surface area contributed by atoms with Gasteiger partial charge in [-0.2, -0.15) is 0 Å². The van der Waals surface area contributed by atoms with Crippen LogP contribution < -0.4 is 0 Å². The lowest BCUT2D eigenvalue weighted by Crippen LogP contribution is -1.56. The van der Waals surface area contributed by atoms with Crippen LogP contribution in [0.15, 0.2) is 23.8 Å². The topological polar surface area (TPSA) is 0 Å². The fraction of sp³-hybridized carbons (Fsp3) is 0.333. The summed E-state index contributed by atoms with van der Waals surface area (Å²) in [6.45, 7) is 0. The van der Waals surface area contributed by atoms with Gasteiger partial charge in [-0.3, -0.25) is 0 Å². The summed E-state index contributed by atoms with van der Waals surface area (Å²) in [7, 11) is 0.934. The van der Waals surface area contributed by atoms with Crippen molar-refractivity contribution < 1.29 is 0 Å². The van der Waals surface area contributed by atoms with E-state index in [9.17, 15) is 0 Å². The average Bonchev–Trinajstić information content (AvgIpc) is 1.90. The number of rotatable bonds is 0. The molecule has 0 N–H and O–H groups in total. The lowest BCUT2D eigenvalue weighted by molar-refractivity contribution is 1.06. The molecule has 0 nitrogen and oxygen atoms in total. The Hall–Kier alpha value is -0.0900. The molecule has 0 radical (unpaired) electrons. The van der Waals surface area contributed by atoms with E-state index in [4.69, 9.17) is 0 Å². The normalized spacial score (nSPS) is 19.4. The van der Waals surface area contributed by atoms with Crippen molar-refractivity contribution in [2.75, 3.05) is 0 Å². The van der Waals surface area contributed by atoms with E-state index in [1.165, 1.54) is 12.8 Å². The van der Waals surface area contributed by atoms with Gasteiger partial charge in [0.05, 0.1) is 0 Å². The molecule has 0 saturated carbocycles. The zero-order valence-electron chi connectivity index (χ0n) is 4.22. The highest BCUT2D eigenvalue weighted by molar-refractivity contribution is 7.45. The van der Waals surface area contributed by atoms with Crippen molar-refractivity contribution in [1.82, 2.24) is 0 Å². The van der Waals surface area contributed by atoms with E-state index in [1.807, 2.05) is 0 Å². The van der Waals surface area contributed by atoms with Crippen molar-refractivity contribution >= 4 is 8.58 Å². The van der Waals surface area contributed by atoms with Crippen LogP contribution in [-0.4, -0.2) is 0 Å². The first-order chi connectivity index (χ1) is 3.50. The average molecular weight is 112 g/mol. The summed E-state index contributed by atoms with van der Waals surface area (Å²) in [5, 5.41) is 0. The van der Waals surface area contributed by atoms with Crippen LogP contribution in [0.3, 0.4) is 0 Å². The van der Waals surface area contributed by atoms with Crippen LogP contribution in [0.1, 0.15) is 12.8 Å². The van der Waals surface area contributed by atoms with E-state index >= 15 is 0 Å². The Morgan fingerprint density at radius 3 is 2.14 bits per heavy atom. The first kappa shape index (κ1) is 5.05. The van der Waals surface area contributed by atoms with Crippen molar-refractivity contribution in [2.45, 2.75) is 12.8 Å². The summed E-state index contributed by atoms with van der Waals surface area (Å²) in [5.74, 6) is 4.48. The van der Waals surface area contributed by atoms with E-state index in [1.54, 1.807) is 0 Å². The highest BCUT2D eigenvalue weighted by Gasteiger charge is 1.79. The van der Waals surface area contributed by atoms with Gasteiger partial charge in [0.15, 0.2) is 0 Å². The summed E-state index contributed by atoms with van der Waals surface area (Å²) in [6, 6.07) is 0. The van der Waals surface area contributed by atoms with Crippen LogP contribution in [0.4, 0.5) is 0 Å². The molecule has 1 heteroatoms. The van der Waals surface area contributed by atoms with Crippen molar-refractivity contribution in [2.24, 2.45) is 0 Å². The quantitative estimate of drug-likeness (QED) is 0.422. The molecule has 1 heterocycles. The van der Waals surface area contributed by atoms with Crippen molar-refractivity contribution in [1.29, 1.82) is 0 Å². The fourth-order valence-corrected chi connectivity index (χ4v) is 1.27. The van der Waals surface area contributed by atoms with Gasteiger partial charge in [0.1, 0.15) is 0 Å². The van der Waals surface area contributed by atoms with Gasteiger partial charge in [0.25, 0.3) is 0 Å². The molecule has 0 spiro atoms. The molecule has 0 atom stereocenters. The van der Waals surface area contributed by atoms with E-state index in [2.05, 4.69) is 23.8 Å². The van der Waals surface area contributed by atoms with Crippen molar-refractivity contribution in [3.8, 4) is 0 Å². The molecule has 38 valence electrons. The highest BCUT2D eigenvalue weighted by Crippen LogP contribution is 2.17. The largest absolute Gasteiger partial charge is 0.0837 e. The van der Waals surface area contributed by atoms with Crippen LogP contribution in [0.25, 0.3) is 0 Å². The minimum Gasteiger partial charge on any atom is -0.0837 e. The molecular weight excluding hydrogens is 103 g/mol. The van der Waals surface area contributed by atoms with E-state index in [-0.39, 0.29) is 0 Å². The second-order valence-electron chi connectivity index (χ2n) is 1.55. The van der Waals surface area contributed by atoms with Gasteiger partial charge >= 0.3 is 0 Å². The molecule has 7 heavy (non-hydrogen) atoms. The molecule has 0 aromatic carbocycles. The predicted molar refractivity (Wildman–Crippen MR) is 35.8 cm³/mol. The van der Waals surface area contributed by atoms with E-state index in [0.29, 0.717) is 0 Å².